The van der Waals surface area contributed by atoms with Gasteiger partial charge in [0.25, 0.3) is 0 Å². The fourth-order valence-electron chi connectivity index (χ4n) is 2.45. The highest BCUT2D eigenvalue weighted by Crippen LogP contribution is 2.35. The van der Waals surface area contributed by atoms with Crippen molar-refractivity contribution in [3.05, 3.63) is 46.7 Å². The van der Waals surface area contributed by atoms with Crippen molar-refractivity contribution >= 4 is 23.3 Å². The van der Waals surface area contributed by atoms with Crippen molar-refractivity contribution in [3.63, 3.8) is 0 Å². The van der Waals surface area contributed by atoms with Gasteiger partial charge in [-0.05, 0) is 43.8 Å². The predicted molar refractivity (Wildman–Crippen MR) is 87.0 cm³/mol. The summed E-state index contributed by atoms with van der Waals surface area (Å²) in [6.45, 7) is 3.51. The van der Waals surface area contributed by atoms with E-state index in [-0.39, 0.29) is 12.2 Å². The SMILES string of the molecule is CCOC(=O)C1=C(C)N(C)C(=S)N[C@H]1c1cccc(C(F)(F)F)c1. The normalized spacial score (nSPS) is 18.5. The molecule has 130 valence electrons. The van der Waals surface area contributed by atoms with Crippen LogP contribution in [0.4, 0.5) is 13.2 Å². The van der Waals surface area contributed by atoms with Crippen LogP contribution in [-0.2, 0) is 15.7 Å². The molecule has 0 amide bonds. The summed E-state index contributed by atoms with van der Waals surface area (Å²) in [5.41, 5.74) is 0.294. The van der Waals surface area contributed by atoms with Crippen LogP contribution in [0.5, 0.6) is 0 Å². The Morgan fingerprint density at radius 3 is 2.67 bits per heavy atom. The fraction of sp³-hybridized carbons (Fsp3) is 0.375. The standard InChI is InChI=1S/C16H17F3N2O2S/c1-4-23-14(22)12-9(2)21(3)15(24)20-13(12)10-6-5-7-11(8-10)16(17,18)19/h5-8,13H,4H2,1-3H3,(H,20,24)/t13-/m0/s1. The Morgan fingerprint density at radius 2 is 2.08 bits per heavy atom. The van der Waals surface area contributed by atoms with E-state index in [0.29, 0.717) is 16.4 Å². The van der Waals surface area contributed by atoms with Crippen molar-refractivity contribution < 1.29 is 22.7 Å². The number of nitrogens with zero attached hydrogens (tertiary/aromatic N) is 1. The minimum atomic E-state index is -4.47. The minimum Gasteiger partial charge on any atom is -0.463 e. The number of carbonyl (C=O) groups excluding carboxylic acids is 1. The van der Waals surface area contributed by atoms with Crippen LogP contribution in [0.2, 0.25) is 0 Å². The van der Waals surface area contributed by atoms with Gasteiger partial charge in [0.15, 0.2) is 5.11 Å². The predicted octanol–water partition coefficient (Wildman–Crippen LogP) is 3.40. The topological polar surface area (TPSA) is 41.6 Å². The van der Waals surface area contributed by atoms with Crippen molar-refractivity contribution in [2.45, 2.75) is 26.1 Å². The third-order valence-corrected chi connectivity index (χ3v) is 4.19. The summed E-state index contributed by atoms with van der Waals surface area (Å²) >= 11 is 5.20. The number of hydrogen-bond acceptors (Lipinski definition) is 3. The Bertz CT molecular complexity index is 701. The molecule has 1 heterocycles. The van der Waals surface area contributed by atoms with Gasteiger partial charge in [0.1, 0.15) is 0 Å². The number of thiocarbonyl (C=S) groups is 1. The maximum atomic E-state index is 13.0. The molecule has 0 bridgehead atoms. The Hall–Kier alpha value is -2.09. The van der Waals surface area contributed by atoms with Gasteiger partial charge in [-0.25, -0.2) is 4.79 Å². The molecular weight excluding hydrogens is 341 g/mol. The van der Waals surface area contributed by atoms with Crippen molar-refractivity contribution in [1.82, 2.24) is 10.2 Å². The van der Waals surface area contributed by atoms with Gasteiger partial charge < -0.3 is 15.0 Å². The van der Waals surface area contributed by atoms with Gasteiger partial charge in [0.2, 0.25) is 0 Å². The van der Waals surface area contributed by atoms with E-state index >= 15 is 0 Å². The summed E-state index contributed by atoms with van der Waals surface area (Å²) in [7, 11) is 1.67. The van der Waals surface area contributed by atoms with Crippen molar-refractivity contribution in [3.8, 4) is 0 Å². The van der Waals surface area contributed by atoms with Crippen LogP contribution >= 0.6 is 12.2 Å². The van der Waals surface area contributed by atoms with Gasteiger partial charge in [-0.1, -0.05) is 12.1 Å². The van der Waals surface area contributed by atoms with E-state index in [9.17, 15) is 18.0 Å². The Balaban J connectivity index is 2.54. The Labute approximate surface area is 143 Å². The fourth-order valence-corrected chi connectivity index (χ4v) is 2.71. The molecule has 0 aliphatic carbocycles. The largest absolute Gasteiger partial charge is 0.463 e. The minimum absolute atomic E-state index is 0.166. The van der Waals surface area contributed by atoms with E-state index in [4.69, 9.17) is 17.0 Å². The van der Waals surface area contributed by atoms with Crippen molar-refractivity contribution in [2.75, 3.05) is 13.7 Å². The number of hydrogen-bond donors (Lipinski definition) is 1. The summed E-state index contributed by atoms with van der Waals surface area (Å²) in [5, 5.41) is 3.23. The van der Waals surface area contributed by atoms with E-state index in [2.05, 4.69) is 5.32 Å². The second-order valence-electron chi connectivity index (χ2n) is 5.28. The number of benzene rings is 1. The molecular formula is C16H17F3N2O2S. The molecule has 24 heavy (non-hydrogen) atoms. The first-order chi connectivity index (χ1) is 11.2. The molecule has 1 atom stereocenters. The molecule has 0 saturated heterocycles. The van der Waals surface area contributed by atoms with Gasteiger partial charge in [0, 0.05) is 12.7 Å². The first-order valence-corrected chi connectivity index (χ1v) is 7.67. The zero-order valence-electron chi connectivity index (χ0n) is 13.4. The maximum Gasteiger partial charge on any atom is 0.416 e. The number of carbonyl (C=O) groups is 1. The molecule has 0 radical (unpaired) electrons. The van der Waals surface area contributed by atoms with E-state index in [0.717, 1.165) is 12.1 Å². The summed E-state index contributed by atoms with van der Waals surface area (Å²) in [4.78, 5) is 13.9. The lowest BCUT2D eigenvalue weighted by molar-refractivity contribution is -0.139. The molecule has 1 N–H and O–H groups in total. The number of esters is 1. The number of halogens is 3. The molecule has 0 unspecified atom stereocenters. The Morgan fingerprint density at radius 1 is 1.42 bits per heavy atom. The maximum absolute atomic E-state index is 13.0. The molecule has 0 saturated carbocycles. The smallest absolute Gasteiger partial charge is 0.416 e. The van der Waals surface area contributed by atoms with Gasteiger partial charge in [0.05, 0.1) is 23.8 Å². The summed E-state index contributed by atoms with van der Waals surface area (Å²) in [5.74, 6) is -0.584. The average Bonchev–Trinajstić information content (AvgIpc) is 2.51. The van der Waals surface area contributed by atoms with Crippen LogP contribution < -0.4 is 5.32 Å². The second kappa shape index (κ2) is 6.80. The van der Waals surface area contributed by atoms with Crippen LogP contribution in [0.15, 0.2) is 35.5 Å². The highest BCUT2D eigenvalue weighted by molar-refractivity contribution is 7.80. The lowest BCUT2D eigenvalue weighted by Crippen LogP contribution is -2.46. The highest BCUT2D eigenvalue weighted by Gasteiger charge is 2.35. The van der Waals surface area contributed by atoms with Gasteiger partial charge >= 0.3 is 12.1 Å². The summed E-state index contributed by atoms with van der Waals surface area (Å²) < 4.78 is 44.0. The molecule has 0 fully saturated rings. The lowest BCUT2D eigenvalue weighted by Gasteiger charge is -2.35. The van der Waals surface area contributed by atoms with Crippen LogP contribution in [0.25, 0.3) is 0 Å². The van der Waals surface area contributed by atoms with Gasteiger partial charge in [-0.2, -0.15) is 13.2 Å². The van der Waals surface area contributed by atoms with Crippen LogP contribution in [0, 0.1) is 0 Å². The molecule has 4 nitrogen and oxygen atoms in total. The molecule has 1 aliphatic rings. The molecule has 8 heteroatoms. The molecule has 2 rings (SSSR count). The highest BCUT2D eigenvalue weighted by atomic mass is 32.1. The van der Waals surface area contributed by atoms with E-state index in [1.807, 2.05) is 0 Å². The quantitative estimate of drug-likeness (QED) is 0.663. The number of alkyl halides is 3. The summed E-state index contributed by atoms with van der Waals surface area (Å²) in [6, 6.07) is 4.03. The first-order valence-electron chi connectivity index (χ1n) is 7.26. The van der Waals surface area contributed by atoms with E-state index < -0.39 is 23.8 Å². The third kappa shape index (κ3) is 3.53. The van der Waals surface area contributed by atoms with Gasteiger partial charge in [-0.3, -0.25) is 0 Å². The first kappa shape index (κ1) is 18.3. The van der Waals surface area contributed by atoms with Gasteiger partial charge in [-0.15, -0.1) is 0 Å². The number of allylic oxidation sites excluding steroid dienone is 1. The van der Waals surface area contributed by atoms with Crippen LogP contribution in [-0.4, -0.2) is 29.6 Å². The average molecular weight is 358 g/mol. The molecule has 1 aromatic rings. The summed E-state index contributed by atoms with van der Waals surface area (Å²) in [6.07, 6.45) is -4.47. The molecule has 0 spiro atoms. The van der Waals surface area contributed by atoms with Crippen molar-refractivity contribution in [2.24, 2.45) is 0 Å². The van der Waals surface area contributed by atoms with Crippen LogP contribution in [0.1, 0.15) is 31.0 Å². The van der Waals surface area contributed by atoms with Crippen molar-refractivity contribution in [1.29, 1.82) is 0 Å². The zero-order valence-corrected chi connectivity index (χ0v) is 14.2. The molecule has 1 aliphatic heterocycles. The van der Waals surface area contributed by atoms with E-state index in [1.54, 1.807) is 25.8 Å². The molecule has 1 aromatic carbocycles. The van der Waals surface area contributed by atoms with Crippen LogP contribution in [0.3, 0.4) is 0 Å². The number of rotatable bonds is 3. The second-order valence-corrected chi connectivity index (χ2v) is 5.67. The third-order valence-electron chi connectivity index (χ3n) is 3.80. The Kier molecular flexibility index (Phi) is 5.17. The monoisotopic (exact) mass is 358 g/mol. The van der Waals surface area contributed by atoms with E-state index in [1.165, 1.54) is 12.1 Å². The zero-order chi connectivity index (χ0) is 18.1. The number of nitrogens with one attached hydrogen (secondary N) is 1. The lowest BCUT2D eigenvalue weighted by atomic mass is 9.94. The number of ether oxygens (including phenoxy) is 1. The molecule has 0 aromatic heterocycles.